The summed E-state index contributed by atoms with van der Waals surface area (Å²) in [4.78, 5) is 11.4. The predicted molar refractivity (Wildman–Crippen MR) is 73.0 cm³/mol. The largest absolute Gasteiger partial charge is 0.393 e. The van der Waals surface area contributed by atoms with Gasteiger partial charge in [-0.05, 0) is 25.7 Å². The second-order valence-electron chi connectivity index (χ2n) is 4.47. The van der Waals surface area contributed by atoms with Crippen LogP contribution >= 0.6 is 12.4 Å². The van der Waals surface area contributed by atoms with Crippen LogP contribution < -0.4 is 10.6 Å². The maximum absolute atomic E-state index is 11.4. The van der Waals surface area contributed by atoms with Gasteiger partial charge in [-0.1, -0.05) is 6.92 Å². The molecule has 0 aliphatic carbocycles. The lowest BCUT2D eigenvalue weighted by Gasteiger charge is -2.11. The van der Waals surface area contributed by atoms with Crippen LogP contribution in [0.15, 0.2) is 0 Å². The van der Waals surface area contributed by atoms with Gasteiger partial charge in [0.1, 0.15) is 0 Å². The van der Waals surface area contributed by atoms with E-state index in [1.165, 1.54) is 0 Å². The monoisotopic (exact) mass is 280 g/mol. The molecule has 1 heterocycles. The number of aliphatic hydroxyl groups is 1. The molecule has 0 radical (unpaired) electrons. The van der Waals surface area contributed by atoms with E-state index in [0.717, 1.165) is 32.4 Å². The minimum absolute atomic E-state index is 0. The maximum atomic E-state index is 11.4. The molecule has 0 aromatic rings. The zero-order valence-corrected chi connectivity index (χ0v) is 11.8. The fraction of sp³-hybridized carbons (Fsp3) is 0.917. The van der Waals surface area contributed by atoms with Crippen LogP contribution in [0, 0.1) is 0 Å². The van der Waals surface area contributed by atoms with Crippen LogP contribution in [-0.2, 0) is 9.53 Å². The lowest BCUT2D eigenvalue weighted by molar-refractivity contribution is -0.120. The van der Waals surface area contributed by atoms with Crippen LogP contribution in [0.25, 0.3) is 0 Å². The Balaban J connectivity index is 0.00000289. The third-order valence-corrected chi connectivity index (χ3v) is 2.95. The van der Waals surface area contributed by atoms with Crippen LogP contribution in [-0.4, -0.2) is 49.5 Å². The minimum Gasteiger partial charge on any atom is -0.393 e. The molecule has 108 valence electrons. The van der Waals surface area contributed by atoms with Crippen LogP contribution in [0.5, 0.6) is 0 Å². The highest BCUT2D eigenvalue weighted by molar-refractivity contribution is 5.85. The van der Waals surface area contributed by atoms with Gasteiger partial charge in [0.25, 0.3) is 0 Å². The van der Waals surface area contributed by atoms with E-state index in [0.29, 0.717) is 19.5 Å². The first-order valence-electron chi connectivity index (χ1n) is 6.49. The Morgan fingerprint density at radius 3 is 2.94 bits per heavy atom. The molecule has 1 rings (SSSR count). The summed E-state index contributed by atoms with van der Waals surface area (Å²) in [5.41, 5.74) is 0. The Kier molecular flexibility index (Phi) is 10.3. The summed E-state index contributed by atoms with van der Waals surface area (Å²) in [6, 6.07) is 0. The van der Waals surface area contributed by atoms with Gasteiger partial charge in [-0.25, -0.2) is 0 Å². The molecule has 0 aromatic carbocycles. The molecule has 0 spiro atoms. The summed E-state index contributed by atoms with van der Waals surface area (Å²) < 4.78 is 5.43. The number of carbonyl (C=O) groups excluding carboxylic acids is 1. The Morgan fingerprint density at radius 2 is 2.33 bits per heavy atom. The summed E-state index contributed by atoms with van der Waals surface area (Å²) in [5, 5.41) is 15.2. The summed E-state index contributed by atoms with van der Waals surface area (Å²) in [7, 11) is 0. The standard InChI is InChI=1S/C12H24N2O3.ClH/c1-2-10(15)5-6-14-12(16)9-13-8-11-4-3-7-17-11;/h10-11,13,15H,2-9H2,1H3,(H,14,16);1H. The van der Waals surface area contributed by atoms with Crippen molar-refractivity contribution in [2.45, 2.75) is 44.8 Å². The highest BCUT2D eigenvalue weighted by Crippen LogP contribution is 2.10. The number of rotatable bonds is 8. The minimum atomic E-state index is -0.310. The van der Waals surface area contributed by atoms with E-state index in [9.17, 15) is 9.90 Å². The molecule has 2 atom stereocenters. The number of carbonyl (C=O) groups is 1. The zero-order chi connectivity index (χ0) is 12.5. The van der Waals surface area contributed by atoms with Crippen molar-refractivity contribution in [2.24, 2.45) is 0 Å². The van der Waals surface area contributed by atoms with E-state index in [-0.39, 0.29) is 30.5 Å². The quantitative estimate of drug-likeness (QED) is 0.604. The highest BCUT2D eigenvalue weighted by Gasteiger charge is 2.14. The second-order valence-corrected chi connectivity index (χ2v) is 4.47. The van der Waals surface area contributed by atoms with Crippen molar-refractivity contribution in [1.29, 1.82) is 0 Å². The molecule has 18 heavy (non-hydrogen) atoms. The molecular weight excluding hydrogens is 256 g/mol. The van der Waals surface area contributed by atoms with Gasteiger partial charge in [0.15, 0.2) is 0 Å². The lowest BCUT2D eigenvalue weighted by atomic mass is 10.2. The molecule has 1 fully saturated rings. The molecule has 1 amide bonds. The van der Waals surface area contributed by atoms with Gasteiger partial charge in [0.05, 0.1) is 18.8 Å². The predicted octanol–water partition coefficient (Wildman–Crippen LogP) is 0.454. The van der Waals surface area contributed by atoms with Crippen LogP contribution in [0.2, 0.25) is 0 Å². The summed E-state index contributed by atoms with van der Waals surface area (Å²) >= 11 is 0. The molecule has 0 aromatic heterocycles. The van der Waals surface area contributed by atoms with Crippen LogP contribution in [0.4, 0.5) is 0 Å². The van der Waals surface area contributed by atoms with Crippen molar-refractivity contribution >= 4 is 18.3 Å². The third kappa shape index (κ3) is 7.87. The summed E-state index contributed by atoms with van der Waals surface area (Å²) in [5.74, 6) is -0.0219. The number of hydrogen-bond donors (Lipinski definition) is 3. The van der Waals surface area contributed by atoms with E-state index in [1.807, 2.05) is 6.92 Å². The number of halogens is 1. The van der Waals surface area contributed by atoms with E-state index < -0.39 is 0 Å². The SMILES string of the molecule is CCC(O)CCNC(=O)CNCC1CCCO1.Cl. The van der Waals surface area contributed by atoms with Crippen LogP contribution in [0.3, 0.4) is 0 Å². The van der Waals surface area contributed by atoms with Gasteiger partial charge in [-0.2, -0.15) is 0 Å². The van der Waals surface area contributed by atoms with Crippen molar-refractivity contribution in [1.82, 2.24) is 10.6 Å². The normalized spacial score (nSPS) is 20.2. The van der Waals surface area contributed by atoms with Gasteiger partial charge >= 0.3 is 0 Å². The summed E-state index contributed by atoms with van der Waals surface area (Å²) in [6.07, 6.45) is 3.51. The summed E-state index contributed by atoms with van der Waals surface area (Å²) in [6.45, 7) is 4.37. The molecule has 3 N–H and O–H groups in total. The average molecular weight is 281 g/mol. The molecule has 1 saturated heterocycles. The fourth-order valence-electron chi connectivity index (χ4n) is 1.80. The second kappa shape index (κ2) is 10.6. The lowest BCUT2D eigenvalue weighted by Crippen LogP contribution is -2.38. The van der Waals surface area contributed by atoms with Crippen molar-refractivity contribution in [3.05, 3.63) is 0 Å². The van der Waals surface area contributed by atoms with E-state index in [1.54, 1.807) is 0 Å². The first-order chi connectivity index (χ1) is 8.22. The number of hydrogen-bond acceptors (Lipinski definition) is 4. The van der Waals surface area contributed by atoms with Crippen molar-refractivity contribution in [2.75, 3.05) is 26.2 Å². The van der Waals surface area contributed by atoms with Crippen LogP contribution in [0.1, 0.15) is 32.6 Å². The van der Waals surface area contributed by atoms with E-state index in [2.05, 4.69) is 10.6 Å². The molecule has 1 aliphatic rings. The Hall–Kier alpha value is -0.360. The van der Waals surface area contributed by atoms with Gasteiger partial charge in [-0.3, -0.25) is 4.79 Å². The first kappa shape index (κ1) is 17.6. The van der Waals surface area contributed by atoms with E-state index >= 15 is 0 Å². The van der Waals surface area contributed by atoms with E-state index in [4.69, 9.17) is 4.74 Å². The number of nitrogens with one attached hydrogen (secondary N) is 2. The molecule has 0 saturated carbocycles. The fourth-order valence-corrected chi connectivity index (χ4v) is 1.80. The Bertz CT molecular complexity index is 223. The molecule has 5 nitrogen and oxygen atoms in total. The molecule has 1 aliphatic heterocycles. The molecule has 2 unspecified atom stereocenters. The van der Waals surface area contributed by atoms with Gasteiger partial charge in [0, 0.05) is 19.7 Å². The maximum Gasteiger partial charge on any atom is 0.233 e. The van der Waals surface area contributed by atoms with Gasteiger partial charge in [0.2, 0.25) is 5.91 Å². The molecule has 6 heteroatoms. The van der Waals surface area contributed by atoms with Crippen molar-refractivity contribution < 1.29 is 14.6 Å². The smallest absolute Gasteiger partial charge is 0.233 e. The van der Waals surface area contributed by atoms with Gasteiger partial charge in [-0.15, -0.1) is 12.4 Å². The Morgan fingerprint density at radius 1 is 1.56 bits per heavy atom. The van der Waals surface area contributed by atoms with Gasteiger partial charge < -0.3 is 20.5 Å². The number of aliphatic hydroxyl groups excluding tert-OH is 1. The third-order valence-electron chi connectivity index (χ3n) is 2.95. The first-order valence-corrected chi connectivity index (χ1v) is 6.49. The Labute approximate surface area is 115 Å². The molecule has 0 bridgehead atoms. The zero-order valence-electron chi connectivity index (χ0n) is 11.0. The average Bonchev–Trinajstić information content (AvgIpc) is 2.82. The molecular formula is C12H25ClN2O3. The highest BCUT2D eigenvalue weighted by atomic mass is 35.5. The topological polar surface area (TPSA) is 70.6 Å². The van der Waals surface area contributed by atoms with Crippen molar-refractivity contribution in [3.63, 3.8) is 0 Å². The number of amides is 1. The van der Waals surface area contributed by atoms with Crippen molar-refractivity contribution in [3.8, 4) is 0 Å². The number of ether oxygens (including phenoxy) is 1.